The van der Waals surface area contributed by atoms with Crippen LogP contribution in [0, 0.1) is 0 Å². The first-order chi connectivity index (χ1) is 16.0. The highest BCUT2D eigenvalue weighted by Crippen LogP contribution is 2.30. The first-order valence-electron chi connectivity index (χ1n) is 10.1. The third kappa shape index (κ3) is 4.57. The maximum atomic E-state index is 13.3. The fourth-order valence-electron chi connectivity index (χ4n) is 3.38. The van der Waals surface area contributed by atoms with Crippen molar-refractivity contribution in [1.29, 1.82) is 0 Å². The number of ether oxygens (including phenoxy) is 2. The lowest BCUT2D eigenvalue weighted by molar-refractivity contribution is -0.113. The van der Waals surface area contributed by atoms with Crippen molar-refractivity contribution in [3.8, 4) is 23.0 Å². The molecule has 0 saturated carbocycles. The highest BCUT2D eigenvalue weighted by Gasteiger charge is 2.30. The highest BCUT2D eigenvalue weighted by molar-refractivity contribution is 6.32. The van der Waals surface area contributed by atoms with Gasteiger partial charge in [-0.15, -0.1) is 0 Å². The van der Waals surface area contributed by atoms with Crippen molar-refractivity contribution in [3.63, 3.8) is 0 Å². The predicted molar refractivity (Wildman–Crippen MR) is 128 cm³/mol. The van der Waals surface area contributed by atoms with E-state index in [1.54, 1.807) is 48.6 Å². The maximum absolute atomic E-state index is 13.3. The molecule has 1 heterocycles. The summed E-state index contributed by atoms with van der Waals surface area (Å²) in [4.78, 5) is 19.4. The minimum atomic E-state index is -0.281. The molecule has 3 aromatic rings. The van der Waals surface area contributed by atoms with Crippen LogP contribution in [0.2, 0.25) is 0 Å². The summed E-state index contributed by atoms with van der Waals surface area (Å²) in [5, 5.41) is 19.6. The van der Waals surface area contributed by atoms with E-state index in [0.717, 1.165) is 5.56 Å². The summed E-state index contributed by atoms with van der Waals surface area (Å²) < 4.78 is 10.3. The number of hydrogen-bond acceptors (Lipinski definition) is 6. The van der Waals surface area contributed by atoms with Crippen LogP contribution >= 0.6 is 0 Å². The summed E-state index contributed by atoms with van der Waals surface area (Å²) in [7, 11) is 2.94. The van der Waals surface area contributed by atoms with Crippen molar-refractivity contribution in [2.45, 2.75) is 0 Å². The van der Waals surface area contributed by atoms with Crippen LogP contribution in [0.25, 0.3) is 12.2 Å². The molecule has 0 atom stereocenters. The molecule has 3 aromatic carbocycles. The number of para-hydroxylation sites is 1. The highest BCUT2D eigenvalue weighted by atomic mass is 16.5. The van der Waals surface area contributed by atoms with Crippen LogP contribution in [0.1, 0.15) is 11.1 Å². The summed E-state index contributed by atoms with van der Waals surface area (Å²) in [5.74, 6) is 0.873. The van der Waals surface area contributed by atoms with E-state index in [1.165, 1.54) is 25.2 Å². The predicted octanol–water partition coefficient (Wildman–Crippen LogP) is 4.61. The molecule has 1 aliphatic rings. The lowest BCUT2D eigenvalue weighted by Crippen LogP contribution is -2.30. The number of amidine groups is 1. The van der Waals surface area contributed by atoms with Crippen LogP contribution in [-0.2, 0) is 4.79 Å². The van der Waals surface area contributed by atoms with E-state index in [-0.39, 0.29) is 23.1 Å². The smallest absolute Gasteiger partial charge is 0.282 e. The van der Waals surface area contributed by atoms with Gasteiger partial charge < -0.3 is 19.7 Å². The summed E-state index contributed by atoms with van der Waals surface area (Å²) in [6.07, 6.45) is 5.16. The Balaban J connectivity index is 1.73. The van der Waals surface area contributed by atoms with Crippen LogP contribution < -0.4 is 14.4 Å². The fraction of sp³-hybridized carbons (Fsp3) is 0.0769. The van der Waals surface area contributed by atoms with Gasteiger partial charge in [0.05, 0.1) is 19.9 Å². The minimum Gasteiger partial charge on any atom is -0.504 e. The molecule has 7 heteroatoms. The van der Waals surface area contributed by atoms with Gasteiger partial charge in [0.25, 0.3) is 5.91 Å². The number of anilines is 1. The number of rotatable bonds is 6. The van der Waals surface area contributed by atoms with E-state index < -0.39 is 0 Å². The molecular formula is C26H22N2O5. The number of nitrogens with zero attached hydrogens (tertiary/aromatic N) is 2. The van der Waals surface area contributed by atoms with Crippen molar-refractivity contribution in [2.24, 2.45) is 4.99 Å². The molecule has 0 aliphatic carbocycles. The largest absolute Gasteiger partial charge is 0.504 e. The first-order valence-corrected chi connectivity index (χ1v) is 10.1. The summed E-state index contributed by atoms with van der Waals surface area (Å²) in [6.45, 7) is 0. The average Bonchev–Trinajstić information content (AvgIpc) is 3.15. The Labute approximate surface area is 191 Å². The second kappa shape index (κ2) is 9.32. The van der Waals surface area contributed by atoms with Gasteiger partial charge in [-0.25, -0.2) is 4.99 Å². The zero-order valence-electron chi connectivity index (χ0n) is 18.1. The van der Waals surface area contributed by atoms with Crippen molar-refractivity contribution in [2.75, 3.05) is 19.1 Å². The quantitative estimate of drug-likeness (QED) is 0.544. The Bertz CT molecular complexity index is 1280. The second-order valence-electron chi connectivity index (χ2n) is 7.17. The molecule has 0 unspecified atom stereocenters. The Hall–Kier alpha value is -4.52. The summed E-state index contributed by atoms with van der Waals surface area (Å²) in [5.41, 5.74) is 2.36. The first kappa shape index (κ1) is 21.7. The molecule has 33 heavy (non-hydrogen) atoms. The van der Waals surface area contributed by atoms with E-state index in [0.29, 0.717) is 28.6 Å². The molecule has 0 bridgehead atoms. The lowest BCUT2D eigenvalue weighted by atomic mass is 10.1. The monoisotopic (exact) mass is 442 g/mol. The Morgan fingerprint density at radius 3 is 2.06 bits per heavy atom. The Kier molecular flexibility index (Phi) is 6.13. The van der Waals surface area contributed by atoms with Gasteiger partial charge in [-0.3, -0.25) is 9.69 Å². The molecule has 1 aliphatic heterocycles. The number of benzene rings is 3. The average molecular weight is 442 g/mol. The third-order valence-electron chi connectivity index (χ3n) is 5.04. The van der Waals surface area contributed by atoms with Gasteiger partial charge in [-0.2, -0.15) is 0 Å². The SMILES string of the molecule is COc1cc(/C=C/C2=NC(=C/c3ccc(O)c(OC)c3)/C(=O)N2c2ccccc2)ccc1O. The van der Waals surface area contributed by atoms with Gasteiger partial charge in [0.1, 0.15) is 11.5 Å². The molecule has 0 aromatic heterocycles. The van der Waals surface area contributed by atoms with E-state index in [2.05, 4.69) is 4.99 Å². The zero-order chi connectivity index (χ0) is 23.4. The fourth-order valence-corrected chi connectivity index (χ4v) is 3.38. The van der Waals surface area contributed by atoms with Crippen LogP contribution in [0.3, 0.4) is 0 Å². The number of carbonyl (C=O) groups is 1. The van der Waals surface area contributed by atoms with Crippen molar-refractivity contribution in [3.05, 3.63) is 89.6 Å². The second-order valence-corrected chi connectivity index (χ2v) is 7.17. The molecule has 0 radical (unpaired) electrons. The molecule has 4 rings (SSSR count). The molecule has 0 saturated heterocycles. The number of methoxy groups -OCH3 is 2. The number of phenols is 2. The van der Waals surface area contributed by atoms with Crippen LogP contribution in [0.4, 0.5) is 5.69 Å². The maximum Gasteiger partial charge on any atom is 0.282 e. The number of aromatic hydroxyl groups is 2. The van der Waals surface area contributed by atoms with E-state index >= 15 is 0 Å². The Morgan fingerprint density at radius 1 is 0.818 bits per heavy atom. The van der Waals surface area contributed by atoms with E-state index in [4.69, 9.17) is 9.47 Å². The van der Waals surface area contributed by atoms with Crippen LogP contribution in [-0.4, -0.2) is 36.2 Å². The standard InChI is InChI=1S/C26H22N2O5/c1-32-23-15-17(8-11-21(23)29)10-13-25-27-20(14-18-9-12-22(30)24(16-18)33-2)26(31)28(25)19-6-4-3-5-7-19/h3-16,29-30H,1-2H3/b13-10+,20-14+. The molecule has 0 fully saturated rings. The van der Waals surface area contributed by atoms with Crippen molar-refractivity contribution in [1.82, 2.24) is 0 Å². The Morgan fingerprint density at radius 2 is 1.42 bits per heavy atom. The molecule has 166 valence electrons. The van der Waals surface area contributed by atoms with Crippen LogP contribution in [0.5, 0.6) is 23.0 Å². The van der Waals surface area contributed by atoms with E-state index in [9.17, 15) is 15.0 Å². The molecule has 0 spiro atoms. The van der Waals surface area contributed by atoms with Gasteiger partial charge in [-0.1, -0.05) is 36.4 Å². The number of carbonyl (C=O) groups excluding carboxylic acids is 1. The van der Waals surface area contributed by atoms with Crippen LogP contribution in [0.15, 0.2) is 83.5 Å². The molecular weight excluding hydrogens is 420 g/mol. The van der Waals surface area contributed by atoms with Gasteiger partial charge >= 0.3 is 0 Å². The third-order valence-corrected chi connectivity index (χ3v) is 5.04. The van der Waals surface area contributed by atoms with Gasteiger partial charge in [-0.05, 0) is 59.7 Å². The van der Waals surface area contributed by atoms with Gasteiger partial charge in [0, 0.05) is 0 Å². The van der Waals surface area contributed by atoms with Gasteiger partial charge in [0.15, 0.2) is 23.0 Å². The molecule has 1 amide bonds. The van der Waals surface area contributed by atoms with E-state index in [1.807, 2.05) is 30.3 Å². The summed E-state index contributed by atoms with van der Waals surface area (Å²) in [6, 6.07) is 19.0. The topological polar surface area (TPSA) is 91.6 Å². The minimum absolute atomic E-state index is 0.0137. The van der Waals surface area contributed by atoms with Gasteiger partial charge in [0.2, 0.25) is 0 Å². The normalized spacial score (nSPS) is 14.7. The molecule has 7 nitrogen and oxygen atoms in total. The zero-order valence-corrected chi connectivity index (χ0v) is 18.1. The molecule has 2 N–H and O–H groups in total. The number of phenolic OH excluding ortho intramolecular Hbond substituents is 2. The van der Waals surface area contributed by atoms with Crippen molar-refractivity contribution < 1.29 is 24.5 Å². The number of aliphatic imine (C=N–C) groups is 1. The lowest BCUT2D eigenvalue weighted by Gasteiger charge is -2.16. The number of amides is 1. The number of hydrogen-bond donors (Lipinski definition) is 2. The summed E-state index contributed by atoms with van der Waals surface area (Å²) >= 11 is 0. The van der Waals surface area contributed by atoms with Crippen molar-refractivity contribution >= 4 is 29.6 Å².